The van der Waals surface area contributed by atoms with Crippen LogP contribution in [0.4, 0.5) is 5.69 Å². The van der Waals surface area contributed by atoms with E-state index in [4.69, 9.17) is 33.7 Å². The number of imidazole rings is 1. The zero-order valence-electron chi connectivity index (χ0n) is 30.8. The lowest BCUT2D eigenvalue weighted by atomic mass is 10.1. The van der Waals surface area contributed by atoms with Gasteiger partial charge in [0.05, 0.1) is 36.9 Å². The van der Waals surface area contributed by atoms with Crippen LogP contribution in [-0.4, -0.2) is 91.1 Å². The van der Waals surface area contributed by atoms with Gasteiger partial charge in [-0.15, -0.1) is 0 Å². The highest BCUT2D eigenvalue weighted by molar-refractivity contribution is 8.54. The van der Waals surface area contributed by atoms with E-state index in [1.165, 1.54) is 25.8 Å². The number of nitrogens with zero attached hydrogens (tertiary/aromatic N) is 4. The van der Waals surface area contributed by atoms with Crippen LogP contribution in [0.5, 0.6) is 5.75 Å². The highest BCUT2D eigenvalue weighted by Gasteiger charge is 2.51. The van der Waals surface area contributed by atoms with Crippen LogP contribution < -0.4 is 21.7 Å². The highest BCUT2D eigenvalue weighted by Crippen LogP contribution is 2.64. The molecule has 302 valence electrons. The second-order valence-corrected chi connectivity index (χ2v) is 17.3. The van der Waals surface area contributed by atoms with Crippen molar-refractivity contribution in [3.63, 3.8) is 0 Å². The van der Waals surface area contributed by atoms with Crippen molar-refractivity contribution < 1.29 is 47.6 Å². The summed E-state index contributed by atoms with van der Waals surface area (Å²) < 4.78 is 53.0. The van der Waals surface area contributed by atoms with Gasteiger partial charge in [0, 0.05) is 37.7 Å². The third kappa shape index (κ3) is 8.91. The number of pyridine rings is 1. The third-order valence-corrected chi connectivity index (χ3v) is 13.3. The minimum Gasteiger partial charge on any atom is -0.423 e. The van der Waals surface area contributed by atoms with Crippen LogP contribution in [0.25, 0.3) is 11.2 Å². The maximum Gasteiger partial charge on any atom is 0.389 e. The molecule has 2 fully saturated rings. The van der Waals surface area contributed by atoms with Crippen molar-refractivity contribution in [1.82, 2.24) is 24.1 Å². The molecular formula is C37H41N6O12PS. The molecule has 2 aromatic carbocycles. The standard InChI is InChI=1S/C37H41N6O12PS/c1-3-21-4-8-23(9-5-21)36(47)52-24-10-6-22(7-11-24)19-57-56(49,55-32-27(17-44)54-35(33(32)50-2)42-15-13-29(46)41-37(42)48)51-18-28-26(45)16-30(53-28)43-20-40-31-25(38)12-14-39-34(31)43/h4-15,20,26-28,30,32-33,35,44-45H,3,16-19H2,1-2H3,(H2,38,39)(H,41,46,48)/t26-,27-,28-,30-,32+,33?,35-,56?/m1/s1. The molecule has 5 aromatic rings. The number of anilines is 1. The fourth-order valence-corrected chi connectivity index (χ4v) is 9.93. The number of benzene rings is 2. The van der Waals surface area contributed by atoms with Gasteiger partial charge >= 0.3 is 18.5 Å². The summed E-state index contributed by atoms with van der Waals surface area (Å²) in [5, 5.41) is 21.4. The van der Waals surface area contributed by atoms with E-state index in [9.17, 15) is 29.2 Å². The summed E-state index contributed by atoms with van der Waals surface area (Å²) >= 11 is 0.816. The van der Waals surface area contributed by atoms with E-state index in [2.05, 4.69) is 15.0 Å². The summed E-state index contributed by atoms with van der Waals surface area (Å²) in [7, 11) is 1.33. The molecule has 2 saturated heterocycles. The first kappa shape index (κ1) is 40.5. The van der Waals surface area contributed by atoms with Gasteiger partial charge in [-0.25, -0.2) is 24.1 Å². The predicted molar refractivity (Wildman–Crippen MR) is 207 cm³/mol. The maximum atomic E-state index is 14.8. The fourth-order valence-electron chi connectivity index (χ4n) is 6.55. The van der Waals surface area contributed by atoms with Gasteiger partial charge in [-0.1, -0.05) is 31.2 Å². The van der Waals surface area contributed by atoms with Crippen molar-refractivity contribution in [3.8, 4) is 5.75 Å². The first-order valence-corrected chi connectivity index (χ1v) is 21.1. The molecule has 2 aliphatic heterocycles. The van der Waals surface area contributed by atoms with Crippen LogP contribution in [0.2, 0.25) is 0 Å². The van der Waals surface area contributed by atoms with E-state index < -0.39 is 73.6 Å². The Morgan fingerprint density at radius 3 is 2.47 bits per heavy atom. The van der Waals surface area contributed by atoms with Gasteiger partial charge in [0.2, 0.25) is 0 Å². The number of hydrogen-bond donors (Lipinski definition) is 4. The summed E-state index contributed by atoms with van der Waals surface area (Å²) in [6, 6.07) is 16.5. The Morgan fingerprint density at radius 1 is 1.02 bits per heavy atom. The molecule has 0 saturated carbocycles. The van der Waals surface area contributed by atoms with Crippen LogP contribution >= 0.6 is 18.2 Å². The number of nitrogen functional groups attached to an aromatic ring is 1. The number of carbonyl (C=O) groups is 1. The monoisotopic (exact) mass is 824 g/mol. The topological polar surface area (TPSA) is 242 Å². The number of aromatic amines is 1. The Kier molecular flexibility index (Phi) is 12.4. The quantitative estimate of drug-likeness (QED) is 0.0672. The number of esters is 1. The van der Waals surface area contributed by atoms with Gasteiger partial charge in [0.25, 0.3) is 5.56 Å². The van der Waals surface area contributed by atoms with Crippen LogP contribution in [0.1, 0.15) is 47.3 Å². The number of rotatable bonds is 15. The second-order valence-electron chi connectivity index (χ2n) is 13.3. The number of methoxy groups -OCH3 is 1. The normalized spacial score (nSPS) is 24.5. The summed E-state index contributed by atoms with van der Waals surface area (Å²) in [6.45, 7) is -3.25. The molecule has 18 nitrogen and oxygen atoms in total. The molecule has 0 radical (unpaired) electrons. The first-order chi connectivity index (χ1) is 27.5. The second kappa shape index (κ2) is 17.4. The van der Waals surface area contributed by atoms with Crippen molar-refractivity contribution >= 4 is 41.0 Å². The highest BCUT2D eigenvalue weighted by atomic mass is 32.7. The van der Waals surface area contributed by atoms with Crippen molar-refractivity contribution in [2.75, 3.05) is 26.1 Å². The molecule has 0 bridgehead atoms. The molecule has 57 heavy (non-hydrogen) atoms. The zero-order valence-corrected chi connectivity index (χ0v) is 32.5. The minimum atomic E-state index is -4.28. The zero-order chi connectivity index (χ0) is 40.3. The van der Waals surface area contributed by atoms with Crippen molar-refractivity contribution in [3.05, 3.63) is 117 Å². The summed E-state index contributed by atoms with van der Waals surface area (Å²) in [6.07, 6.45) is -2.14. The number of aromatic nitrogens is 5. The number of nitrogens with one attached hydrogen (secondary N) is 1. The molecular weight excluding hydrogens is 783 g/mol. The lowest BCUT2D eigenvalue weighted by Crippen LogP contribution is -2.39. The molecule has 5 N–H and O–H groups in total. The van der Waals surface area contributed by atoms with Crippen LogP contribution in [0.15, 0.2) is 89.0 Å². The lowest BCUT2D eigenvalue weighted by Gasteiger charge is -2.28. The van der Waals surface area contributed by atoms with E-state index in [1.807, 2.05) is 19.1 Å². The number of hydrogen-bond acceptors (Lipinski definition) is 16. The van der Waals surface area contributed by atoms with E-state index in [0.717, 1.165) is 34.0 Å². The van der Waals surface area contributed by atoms with E-state index in [0.29, 0.717) is 33.7 Å². The molecule has 3 aromatic heterocycles. The van der Waals surface area contributed by atoms with E-state index in [-0.39, 0.29) is 18.8 Å². The Morgan fingerprint density at radius 2 is 1.77 bits per heavy atom. The Hall–Kier alpha value is -4.69. The molecule has 0 aliphatic carbocycles. The number of nitrogens with two attached hydrogens (primary N) is 1. The lowest BCUT2D eigenvalue weighted by molar-refractivity contribution is -0.0625. The molecule has 2 unspecified atom stereocenters. The minimum absolute atomic E-state index is 0.0760. The van der Waals surface area contributed by atoms with Gasteiger partial charge < -0.3 is 34.9 Å². The number of carbonyl (C=O) groups excluding carboxylic acids is 1. The van der Waals surface area contributed by atoms with Gasteiger partial charge in [0.15, 0.2) is 11.9 Å². The molecule has 8 atom stereocenters. The van der Waals surface area contributed by atoms with Crippen molar-refractivity contribution in [2.45, 2.75) is 68.5 Å². The third-order valence-electron chi connectivity index (χ3n) is 9.64. The summed E-state index contributed by atoms with van der Waals surface area (Å²) in [5.74, 6) is -0.138. The van der Waals surface area contributed by atoms with Crippen molar-refractivity contribution in [2.24, 2.45) is 0 Å². The number of aryl methyl sites for hydroxylation is 1. The Bertz CT molecular complexity index is 2360. The first-order valence-electron chi connectivity index (χ1n) is 18.0. The maximum absolute atomic E-state index is 14.8. The largest absolute Gasteiger partial charge is 0.423 e. The Balaban J connectivity index is 1.09. The van der Waals surface area contributed by atoms with E-state index >= 15 is 0 Å². The smallest absolute Gasteiger partial charge is 0.389 e. The average molecular weight is 825 g/mol. The van der Waals surface area contributed by atoms with Crippen LogP contribution in [0.3, 0.4) is 0 Å². The number of aliphatic hydroxyl groups excluding tert-OH is 2. The summed E-state index contributed by atoms with van der Waals surface area (Å²) in [5.41, 5.74) is 8.16. The van der Waals surface area contributed by atoms with E-state index in [1.54, 1.807) is 47.0 Å². The SMILES string of the molecule is CCc1ccc(C(=O)Oc2ccc(CSP(=O)(OC[C@H]3O[C@@H](n4cnc5c(N)ccnc54)C[C@H]3O)O[C@@H]3C(OC)[C@H](n4ccc(=O)[nH]c4=O)O[C@@H]3CO)cc2)cc1. The number of aliphatic hydroxyl groups is 2. The van der Waals surface area contributed by atoms with Gasteiger partial charge in [0.1, 0.15) is 41.9 Å². The van der Waals surface area contributed by atoms with Gasteiger partial charge in [-0.05, 0) is 59.3 Å². The number of H-pyrrole nitrogens is 1. The predicted octanol–water partition coefficient (Wildman–Crippen LogP) is 3.34. The molecule has 2 aliphatic rings. The van der Waals surface area contributed by atoms with Crippen molar-refractivity contribution in [1.29, 1.82) is 0 Å². The molecule has 7 rings (SSSR count). The summed E-state index contributed by atoms with van der Waals surface area (Å²) in [4.78, 5) is 48.0. The molecule has 0 spiro atoms. The molecule has 5 heterocycles. The molecule has 0 amide bonds. The van der Waals surface area contributed by atoms with Gasteiger partial charge in [-0.3, -0.25) is 28.0 Å². The van der Waals surface area contributed by atoms with Gasteiger partial charge in [-0.2, -0.15) is 0 Å². The fraction of sp³-hybridized carbons (Fsp3) is 0.378. The van der Waals surface area contributed by atoms with Crippen LogP contribution in [-0.2, 0) is 40.0 Å². The number of ether oxygens (including phenoxy) is 4. The van der Waals surface area contributed by atoms with Crippen LogP contribution in [0, 0.1) is 0 Å². The molecule has 20 heteroatoms. The average Bonchev–Trinajstić information content (AvgIpc) is 3.91. The Labute approximate surface area is 329 Å². The number of fused-ring (bicyclic) bond motifs is 1.